The van der Waals surface area contributed by atoms with Gasteiger partial charge in [-0.15, -0.1) is 0 Å². The van der Waals surface area contributed by atoms with Crippen molar-refractivity contribution in [1.29, 1.82) is 0 Å². The van der Waals surface area contributed by atoms with Crippen molar-refractivity contribution in [3.8, 4) is 22.7 Å². The second-order valence-electron chi connectivity index (χ2n) is 11.1. The average molecular weight is 558 g/mol. The van der Waals surface area contributed by atoms with Crippen molar-refractivity contribution in [3.05, 3.63) is 76.8 Å². The summed E-state index contributed by atoms with van der Waals surface area (Å²) in [6.45, 7) is 10.9. The van der Waals surface area contributed by atoms with Crippen LogP contribution >= 0.6 is 0 Å². The quantitative estimate of drug-likeness (QED) is 0.318. The van der Waals surface area contributed by atoms with Gasteiger partial charge in [-0.25, -0.2) is 9.78 Å². The molecule has 0 aliphatic heterocycles. The van der Waals surface area contributed by atoms with Gasteiger partial charge in [0.15, 0.2) is 5.82 Å². The Bertz CT molecular complexity index is 1640. The lowest BCUT2D eigenvalue weighted by atomic mass is 9.98. The number of rotatable bonds is 7. The van der Waals surface area contributed by atoms with Gasteiger partial charge < -0.3 is 20.1 Å². The van der Waals surface area contributed by atoms with Gasteiger partial charge in [0.05, 0.1) is 30.6 Å². The molecule has 0 saturated heterocycles. The number of nitrogens with one attached hydrogen (secondary N) is 2. The van der Waals surface area contributed by atoms with E-state index in [1.165, 1.54) is 10.9 Å². The van der Waals surface area contributed by atoms with E-state index in [2.05, 4.69) is 20.7 Å². The highest BCUT2D eigenvalue weighted by molar-refractivity contribution is 5.96. The van der Waals surface area contributed by atoms with E-state index in [1.807, 2.05) is 51.1 Å². The molecule has 4 rings (SSSR count). The summed E-state index contributed by atoms with van der Waals surface area (Å²) in [5.41, 5.74) is 2.37. The highest BCUT2D eigenvalue weighted by atomic mass is 16.6. The van der Waals surface area contributed by atoms with Gasteiger partial charge in [-0.1, -0.05) is 32.0 Å². The van der Waals surface area contributed by atoms with Crippen LogP contribution in [0.15, 0.2) is 65.7 Å². The first-order valence-electron chi connectivity index (χ1n) is 13.3. The summed E-state index contributed by atoms with van der Waals surface area (Å²) in [6, 6.07) is 13.9. The Morgan fingerprint density at radius 2 is 1.78 bits per heavy atom. The number of fused-ring (bicyclic) bond motifs is 1. The monoisotopic (exact) mass is 557 g/mol. The van der Waals surface area contributed by atoms with Gasteiger partial charge in [0.1, 0.15) is 17.4 Å². The van der Waals surface area contributed by atoms with Gasteiger partial charge >= 0.3 is 6.09 Å². The van der Waals surface area contributed by atoms with E-state index < -0.39 is 23.6 Å². The number of benzene rings is 2. The zero-order chi connectivity index (χ0) is 29.9. The molecular weight excluding hydrogens is 522 g/mol. The molecule has 0 aliphatic rings. The topological polar surface area (TPSA) is 124 Å². The molecule has 2 amide bonds. The summed E-state index contributed by atoms with van der Waals surface area (Å²) < 4.78 is 11.9. The maximum Gasteiger partial charge on any atom is 0.408 e. The Kier molecular flexibility index (Phi) is 8.41. The molecule has 4 aromatic rings. The predicted molar refractivity (Wildman–Crippen MR) is 158 cm³/mol. The Balaban J connectivity index is 1.53. The molecule has 1 atom stereocenters. The third kappa shape index (κ3) is 6.71. The number of anilines is 1. The number of pyridine rings is 1. The molecule has 0 aliphatic carbocycles. The zero-order valence-electron chi connectivity index (χ0n) is 24.3. The van der Waals surface area contributed by atoms with Crippen LogP contribution in [0.25, 0.3) is 27.7 Å². The molecular formula is C31H35N5O5. The van der Waals surface area contributed by atoms with Crippen LogP contribution in [-0.2, 0) is 9.53 Å². The van der Waals surface area contributed by atoms with Crippen LogP contribution in [0.2, 0.25) is 0 Å². The van der Waals surface area contributed by atoms with Gasteiger partial charge in [0, 0.05) is 5.39 Å². The second kappa shape index (κ2) is 11.8. The summed E-state index contributed by atoms with van der Waals surface area (Å²) >= 11 is 0. The molecule has 0 fully saturated rings. The van der Waals surface area contributed by atoms with E-state index in [1.54, 1.807) is 52.3 Å². The minimum absolute atomic E-state index is 0.191. The molecule has 0 bridgehead atoms. The molecule has 2 N–H and O–H groups in total. The van der Waals surface area contributed by atoms with E-state index in [0.29, 0.717) is 22.3 Å². The summed E-state index contributed by atoms with van der Waals surface area (Å²) in [5.74, 6) is 0.489. The van der Waals surface area contributed by atoms with E-state index in [4.69, 9.17) is 9.47 Å². The molecule has 214 valence electrons. The summed E-state index contributed by atoms with van der Waals surface area (Å²) in [5, 5.41) is 10.9. The molecule has 41 heavy (non-hydrogen) atoms. The summed E-state index contributed by atoms with van der Waals surface area (Å²) in [4.78, 5) is 42.8. The minimum atomic E-state index is -0.819. The first-order chi connectivity index (χ1) is 19.4. The molecule has 10 nitrogen and oxygen atoms in total. The number of nitrogens with zero attached hydrogens (tertiary/aromatic N) is 3. The van der Waals surface area contributed by atoms with Crippen LogP contribution in [0.5, 0.6) is 5.75 Å². The normalized spacial score (nSPS) is 12.2. The molecule has 2 heterocycles. The fourth-order valence-corrected chi connectivity index (χ4v) is 4.40. The third-order valence-electron chi connectivity index (χ3n) is 6.46. The fraction of sp³-hybridized carbons (Fsp3) is 0.323. The molecule has 2 aromatic heterocycles. The molecule has 1 unspecified atom stereocenters. The smallest absolute Gasteiger partial charge is 0.408 e. The minimum Gasteiger partial charge on any atom is -0.496 e. The first-order valence-corrected chi connectivity index (χ1v) is 13.3. The first kappa shape index (κ1) is 29.3. The fourth-order valence-electron chi connectivity index (χ4n) is 4.40. The molecule has 10 heteroatoms. The van der Waals surface area contributed by atoms with Crippen LogP contribution in [0.4, 0.5) is 10.5 Å². The number of ether oxygens (including phenoxy) is 2. The molecule has 2 aromatic carbocycles. The number of hydrogen-bond acceptors (Lipinski definition) is 7. The SMILES string of the molecule is COc1cccc(-c2ccc3c(=O)n(-c4ccc(NC(=O)C(NC(=O)OC(C)(C)C)C(C)C)cn4)ncc3c2)c1C. The van der Waals surface area contributed by atoms with Crippen molar-refractivity contribution in [2.45, 2.75) is 53.2 Å². The molecule has 0 spiro atoms. The van der Waals surface area contributed by atoms with Gasteiger partial charge in [-0.05, 0) is 80.6 Å². The van der Waals surface area contributed by atoms with Crippen LogP contribution in [0, 0.1) is 12.8 Å². The lowest BCUT2D eigenvalue weighted by Gasteiger charge is -2.25. The van der Waals surface area contributed by atoms with Gasteiger partial charge in [0.25, 0.3) is 5.56 Å². The number of carbonyl (C=O) groups is 2. The van der Waals surface area contributed by atoms with E-state index in [0.717, 1.165) is 22.4 Å². The lowest BCUT2D eigenvalue weighted by Crippen LogP contribution is -2.48. The van der Waals surface area contributed by atoms with E-state index >= 15 is 0 Å². The molecule has 0 radical (unpaired) electrons. The van der Waals surface area contributed by atoms with Crippen LogP contribution < -0.4 is 20.9 Å². The van der Waals surface area contributed by atoms with Crippen molar-refractivity contribution in [1.82, 2.24) is 20.1 Å². The second-order valence-corrected chi connectivity index (χ2v) is 11.1. The number of amides is 2. The van der Waals surface area contributed by atoms with Gasteiger partial charge in [-0.3, -0.25) is 9.59 Å². The van der Waals surface area contributed by atoms with Crippen molar-refractivity contribution in [3.63, 3.8) is 0 Å². The summed E-state index contributed by atoms with van der Waals surface area (Å²) in [7, 11) is 1.64. The maximum absolute atomic E-state index is 13.3. The maximum atomic E-state index is 13.3. The number of alkyl carbamates (subject to hydrolysis) is 1. The lowest BCUT2D eigenvalue weighted by molar-refractivity contribution is -0.119. The zero-order valence-corrected chi connectivity index (χ0v) is 24.3. The Morgan fingerprint density at radius 1 is 1.02 bits per heavy atom. The van der Waals surface area contributed by atoms with Crippen molar-refractivity contribution in [2.75, 3.05) is 12.4 Å². The highest BCUT2D eigenvalue weighted by Crippen LogP contribution is 2.31. The number of aromatic nitrogens is 3. The standard InChI is InChI=1S/C31H35N5O5/c1-18(2)27(35-30(39)41-31(4,5)6)28(37)34-22-12-14-26(32-17-22)36-29(38)24-13-11-20(15-21(24)16-33-36)23-9-8-10-25(40-7)19(23)3/h8-18,27H,1-7H3,(H,34,37)(H,35,39). The van der Waals surface area contributed by atoms with E-state index in [-0.39, 0.29) is 11.5 Å². The number of carbonyl (C=O) groups excluding carboxylic acids is 2. The Hall–Kier alpha value is -4.73. The summed E-state index contributed by atoms with van der Waals surface area (Å²) in [6.07, 6.45) is 2.39. The van der Waals surface area contributed by atoms with Crippen molar-refractivity contribution < 1.29 is 19.1 Å². The molecule has 0 saturated carbocycles. The van der Waals surface area contributed by atoms with Crippen LogP contribution in [0.3, 0.4) is 0 Å². The third-order valence-corrected chi connectivity index (χ3v) is 6.46. The van der Waals surface area contributed by atoms with Gasteiger partial charge in [-0.2, -0.15) is 9.78 Å². The van der Waals surface area contributed by atoms with Gasteiger partial charge in [0.2, 0.25) is 5.91 Å². The Morgan fingerprint density at radius 3 is 2.41 bits per heavy atom. The van der Waals surface area contributed by atoms with Crippen LogP contribution in [0.1, 0.15) is 40.2 Å². The van der Waals surface area contributed by atoms with Crippen LogP contribution in [-0.4, -0.2) is 45.5 Å². The highest BCUT2D eigenvalue weighted by Gasteiger charge is 2.27. The van der Waals surface area contributed by atoms with Crippen molar-refractivity contribution >= 4 is 28.5 Å². The largest absolute Gasteiger partial charge is 0.496 e. The number of hydrogen-bond donors (Lipinski definition) is 2. The average Bonchev–Trinajstić information content (AvgIpc) is 2.91. The predicted octanol–water partition coefficient (Wildman–Crippen LogP) is 5.25. The number of methoxy groups -OCH3 is 1. The Labute approximate surface area is 238 Å². The van der Waals surface area contributed by atoms with Crippen molar-refractivity contribution in [2.24, 2.45) is 5.92 Å². The van der Waals surface area contributed by atoms with E-state index in [9.17, 15) is 14.4 Å².